The zero-order valence-corrected chi connectivity index (χ0v) is 11.0. The quantitative estimate of drug-likeness (QED) is 0.575. The third-order valence-corrected chi connectivity index (χ3v) is 2.85. The predicted molar refractivity (Wildman–Crippen MR) is 73.7 cm³/mol. The Bertz CT molecular complexity index is 713. The van der Waals surface area contributed by atoms with E-state index in [1.165, 1.54) is 11.0 Å². The van der Waals surface area contributed by atoms with E-state index in [0.717, 1.165) is 5.62 Å². The maximum Gasteiger partial charge on any atom is 0.214 e. The Balaban J connectivity index is 2.58. The molecule has 3 heteroatoms. The smallest absolute Gasteiger partial charge is 0.214 e. The summed E-state index contributed by atoms with van der Waals surface area (Å²) in [5.74, 6) is 0. The van der Waals surface area contributed by atoms with Gasteiger partial charge in [0.2, 0.25) is 5.62 Å². The third-order valence-electron chi connectivity index (χ3n) is 2.85. The Morgan fingerprint density at radius 3 is 1.78 bits per heavy atom. The van der Waals surface area contributed by atoms with Gasteiger partial charge >= 0.3 is 0 Å². The molecule has 3 heterocycles. The fraction of sp³-hybridized carbons (Fsp3) is 0.267. The van der Waals surface area contributed by atoms with Gasteiger partial charge in [0.15, 0.2) is 0 Å². The highest BCUT2D eigenvalue weighted by atomic mass is 15.1. The molecule has 92 valence electrons. The minimum absolute atomic E-state index is 0.0973. The summed E-state index contributed by atoms with van der Waals surface area (Å²) in [4.78, 5) is 4.83. The van der Waals surface area contributed by atoms with E-state index < -0.39 is 0 Å². The van der Waals surface area contributed by atoms with Crippen LogP contribution >= 0.6 is 0 Å². The Morgan fingerprint density at radius 2 is 1.33 bits per heavy atom. The van der Waals surface area contributed by atoms with Gasteiger partial charge in [-0.1, -0.05) is 12.1 Å². The fourth-order valence-corrected chi connectivity index (χ4v) is 2.18. The van der Waals surface area contributed by atoms with Crippen molar-refractivity contribution >= 4 is 11.0 Å². The molecular formula is C15H17N3. The summed E-state index contributed by atoms with van der Waals surface area (Å²) in [6, 6.07) is 12.4. The van der Waals surface area contributed by atoms with Crippen molar-refractivity contribution < 1.29 is 0 Å². The van der Waals surface area contributed by atoms with Crippen LogP contribution in [0.15, 0.2) is 53.8 Å². The summed E-state index contributed by atoms with van der Waals surface area (Å²) in [6.45, 7) is 6.35. The number of hydrogen-bond acceptors (Lipinski definition) is 1. The van der Waals surface area contributed by atoms with E-state index in [1.54, 1.807) is 0 Å². The SMILES string of the molecule is CC(C)(C)N=c1n2ccccc2c2ccccn12. The lowest BCUT2D eigenvalue weighted by Gasteiger charge is -2.10. The van der Waals surface area contributed by atoms with Gasteiger partial charge in [0.1, 0.15) is 0 Å². The Labute approximate surface area is 106 Å². The molecule has 0 saturated heterocycles. The van der Waals surface area contributed by atoms with Gasteiger partial charge < -0.3 is 0 Å². The molecule has 0 aliphatic heterocycles. The average Bonchev–Trinajstić information content (AvgIpc) is 2.64. The molecule has 3 nitrogen and oxygen atoms in total. The molecule has 0 aliphatic rings. The van der Waals surface area contributed by atoms with Gasteiger partial charge in [0.05, 0.1) is 16.6 Å². The van der Waals surface area contributed by atoms with Gasteiger partial charge in [0, 0.05) is 12.4 Å². The second-order valence-electron chi connectivity index (χ2n) is 5.49. The largest absolute Gasteiger partial charge is 0.285 e. The third kappa shape index (κ3) is 1.72. The molecule has 0 aliphatic carbocycles. The molecule has 0 fully saturated rings. The lowest BCUT2D eigenvalue weighted by atomic mass is 10.1. The van der Waals surface area contributed by atoms with Gasteiger partial charge in [-0.05, 0) is 45.0 Å². The molecule has 0 amide bonds. The highest BCUT2D eigenvalue weighted by Gasteiger charge is 2.10. The summed E-state index contributed by atoms with van der Waals surface area (Å²) < 4.78 is 4.28. The highest BCUT2D eigenvalue weighted by molar-refractivity contribution is 5.75. The van der Waals surface area contributed by atoms with Crippen molar-refractivity contribution in [3.63, 3.8) is 0 Å². The second-order valence-corrected chi connectivity index (χ2v) is 5.49. The van der Waals surface area contributed by atoms with Crippen LogP contribution in [0.1, 0.15) is 20.8 Å². The van der Waals surface area contributed by atoms with Crippen molar-refractivity contribution in [3.05, 3.63) is 54.4 Å². The first-order valence-corrected chi connectivity index (χ1v) is 6.19. The fourth-order valence-electron chi connectivity index (χ4n) is 2.18. The summed E-state index contributed by atoms with van der Waals surface area (Å²) in [5, 5.41) is 0. The number of nitrogens with zero attached hydrogens (tertiary/aromatic N) is 3. The summed E-state index contributed by atoms with van der Waals surface area (Å²) in [6.07, 6.45) is 4.12. The van der Waals surface area contributed by atoms with Crippen LogP contribution in [0, 0.1) is 0 Å². The minimum Gasteiger partial charge on any atom is -0.285 e. The second kappa shape index (κ2) is 3.73. The van der Waals surface area contributed by atoms with Crippen LogP contribution in [-0.4, -0.2) is 14.3 Å². The standard InChI is InChI=1S/C15H17N3/c1-15(2,3)16-14-17-10-6-4-8-12(17)13-9-5-7-11-18(13)14/h4-11H,1-3H3. The number of fused-ring (bicyclic) bond motifs is 3. The van der Waals surface area contributed by atoms with Crippen molar-refractivity contribution in [3.8, 4) is 0 Å². The van der Waals surface area contributed by atoms with E-state index in [-0.39, 0.29) is 5.54 Å². The highest BCUT2D eigenvalue weighted by Crippen LogP contribution is 2.12. The molecule has 0 aromatic carbocycles. The number of pyridine rings is 2. The Hall–Kier alpha value is -2.03. The lowest BCUT2D eigenvalue weighted by Crippen LogP contribution is -2.24. The van der Waals surface area contributed by atoms with E-state index >= 15 is 0 Å². The molecule has 0 N–H and O–H groups in total. The van der Waals surface area contributed by atoms with E-state index in [2.05, 4.69) is 66.2 Å². The van der Waals surface area contributed by atoms with E-state index in [4.69, 9.17) is 4.99 Å². The molecular weight excluding hydrogens is 222 g/mol. The zero-order valence-electron chi connectivity index (χ0n) is 11.0. The molecule has 3 aromatic rings. The number of aromatic nitrogens is 2. The van der Waals surface area contributed by atoms with Crippen LogP contribution in [0.4, 0.5) is 0 Å². The van der Waals surface area contributed by atoms with E-state index in [1.807, 2.05) is 12.1 Å². The molecule has 0 unspecified atom stereocenters. The zero-order chi connectivity index (χ0) is 12.8. The first-order chi connectivity index (χ1) is 8.56. The first kappa shape index (κ1) is 11.1. The minimum atomic E-state index is -0.0973. The van der Waals surface area contributed by atoms with Crippen LogP contribution in [0.3, 0.4) is 0 Å². The van der Waals surface area contributed by atoms with Crippen LogP contribution in [0.25, 0.3) is 11.0 Å². The predicted octanol–water partition coefficient (Wildman–Crippen LogP) is 2.89. The lowest BCUT2D eigenvalue weighted by molar-refractivity contribution is 0.551. The number of hydrogen-bond donors (Lipinski definition) is 0. The monoisotopic (exact) mass is 239 g/mol. The van der Waals surface area contributed by atoms with Gasteiger partial charge in [-0.3, -0.25) is 8.80 Å². The molecule has 3 aromatic heterocycles. The van der Waals surface area contributed by atoms with Gasteiger partial charge in [-0.2, -0.15) is 0 Å². The molecule has 0 atom stereocenters. The maximum atomic E-state index is 4.83. The first-order valence-electron chi connectivity index (χ1n) is 6.19. The number of rotatable bonds is 0. The molecule has 18 heavy (non-hydrogen) atoms. The molecule has 0 saturated carbocycles. The normalized spacial score (nSPS) is 12.2. The van der Waals surface area contributed by atoms with Crippen molar-refractivity contribution in [2.45, 2.75) is 26.3 Å². The Kier molecular flexibility index (Phi) is 2.30. The molecule has 3 rings (SSSR count). The van der Waals surface area contributed by atoms with E-state index in [9.17, 15) is 0 Å². The van der Waals surface area contributed by atoms with Gasteiger partial charge in [-0.25, -0.2) is 4.99 Å². The number of imidazole rings is 1. The van der Waals surface area contributed by atoms with Crippen LogP contribution in [0.5, 0.6) is 0 Å². The van der Waals surface area contributed by atoms with Gasteiger partial charge in [0.25, 0.3) is 0 Å². The molecule has 0 radical (unpaired) electrons. The van der Waals surface area contributed by atoms with Crippen molar-refractivity contribution in [1.82, 2.24) is 8.80 Å². The van der Waals surface area contributed by atoms with Crippen molar-refractivity contribution in [1.29, 1.82) is 0 Å². The molecule has 0 spiro atoms. The topological polar surface area (TPSA) is 21.2 Å². The molecule has 0 bridgehead atoms. The van der Waals surface area contributed by atoms with Crippen molar-refractivity contribution in [2.24, 2.45) is 4.99 Å². The van der Waals surface area contributed by atoms with Crippen LogP contribution < -0.4 is 5.62 Å². The summed E-state index contributed by atoms with van der Waals surface area (Å²) >= 11 is 0. The van der Waals surface area contributed by atoms with Gasteiger partial charge in [-0.15, -0.1) is 0 Å². The Morgan fingerprint density at radius 1 is 0.833 bits per heavy atom. The average molecular weight is 239 g/mol. The van der Waals surface area contributed by atoms with Crippen molar-refractivity contribution in [2.75, 3.05) is 0 Å². The summed E-state index contributed by atoms with van der Waals surface area (Å²) in [7, 11) is 0. The van der Waals surface area contributed by atoms with E-state index in [0.29, 0.717) is 0 Å². The van der Waals surface area contributed by atoms with Crippen LogP contribution in [-0.2, 0) is 0 Å². The summed E-state index contributed by atoms with van der Waals surface area (Å²) in [5.41, 5.74) is 3.23. The maximum absolute atomic E-state index is 4.83. The van der Waals surface area contributed by atoms with Crippen LogP contribution in [0.2, 0.25) is 0 Å².